The monoisotopic (exact) mass is 550 g/mol. The van der Waals surface area contributed by atoms with Gasteiger partial charge in [-0.2, -0.15) is 11.3 Å². The van der Waals surface area contributed by atoms with Gasteiger partial charge in [0.05, 0.1) is 5.75 Å². The maximum absolute atomic E-state index is 12.0. The zero-order chi connectivity index (χ0) is 20.6. The number of sulfonamides is 1. The molecule has 0 radical (unpaired) electrons. The summed E-state index contributed by atoms with van der Waals surface area (Å²) in [6.45, 7) is 7.23. The second-order valence-electron chi connectivity index (χ2n) is 7.11. The van der Waals surface area contributed by atoms with Crippen LogP contribution in [0.25, 0.3) is 0 Å². The van der Waals surface area contributed by atoms with Crippen molar-refractivity contribution >= 4 is 51.3 Å². The van der Waals surface area contributed by atoms with Gasteiger partial charge in [-0.25, -0.2) is 13.1 Å². The number of aliphatic imine (C=N–C) groups is 1. The molecule has 0 spiro atoms. The molecule has 0 bridgehead atoms. The molecule has 3 N–H and O–H groups in total. The van der Waals surface area contributed by atoms with E-state index < -0.39 is 10.0 Å². The maximum Gasteiger partial charge on any atom is 0.216 e. The van der Waals surface area contributed by atoms with Crippen molar-refractivity contribution in [2.45, 2.75) is 45.0 Å². The van der Waals surface area contributed by atoms with Crippen molar-refractivity contribution in [2.24, 2.45) is 4.99 Å². The van der Waals surface area contributed by atoms with Crippen LogP contribution in [0.5, 0.6) is 0 Å². The van der Waals surface area contributed by atoms with Crippen LogP contribution in [0.2, 0.25) is 0 Å². The summed E-state index contributed by atoms with van der Waals surface area (Å²) in [5, 5.41) is 10.9. The van der Waals surface area contributed by atoms with Gasteiger partial charge in [0, 0.05) is 26.2 Å². The van der Waals surface area contributed by atoms with E-state index in [4.69, 9.17) is 0 Å². The Balaban J connectivity index is 0.00000420. The molecular formula is C20H31IN4O2S2. The van der Waals surface area contributed by atoms with Gasteiger partial charge >= 0.3 is 0 Å². The summed E-state index contributed by atoms with van der Waals surface area (Å²) in [4.78, 5) is 4.26. The summed E-state index contributed by atoms with van der Waals surface area (Å²) < 4.78 is 26.6. The Morgan fingerprint density at radius 3 is 2.28 bits per heavy atom. The Hall–Kier alpha value is -1.17. The zero-order valence-electron chi connectivity index (χ0n) is 17.3. The normalized spacial score (nSPS) is 13.1. The van der Waals surface area contributed by atoms with Crippen LogP contribution in [-0.2, 0) is 22.3 Å². The fraction of sp³-hybridized carbons (Fsp3) is 0.450. The predicted molar refractivity (Wildman–Crippen MR) is 134 cm³/mol. The minimum absolute atomic E-state index is 0. The van der Waals surface area contributed by atoms with Gasteiger partial charge in [0.25, 0.3) is 0 Å². The van der Waals surface area contributed by atoms with Crippen LogP contribution >= 0.6 is 35.3 Å². The molecule has 1 aromatic carbocycles. The molecule has 0 amide bonds. The van der Waals surface area contributed by atoms with Crippen molar-refractivity contribution < 1.29 is 8.42 Å². The van der Waals surface area contributed by atoms with Gasteiger partial charge in [-0.3, -0.25) is 4.99 Å². The van der Waals surface area contributed by atoms with Gasteiger partial charge in [-0.1, -0.05) is 31.2 Å². The van der Waals surface area contributed by atoms with E-state index in [1.54, 1.807) is 18.4 Å². The molecule has 0 aliphatic heterocycles. The van der Waals surface area contributed by atoms with E-state index in [0.717, 1.165) is 23.6 Å². The molecule has 1 aromatic heterocycles. The first kappa shape index (κ1) is 25.9. The lowest BCUT2D eigenvalue weighted by Gasteiger charge is -2.15. The van der Waals surface area contributed by atoms with Gasteiger partial charge in [0.1, 0.15) is 0 Å². The fourth-order valence-electron chi connectivity index (χ4n) is 2.70. The minimum atomic E-state index is -3.30. The van der Waals surface area contributed by atoms with Crippen LogP contribution in [0.15, 0.2) is 46.1 Å². The van der Waals surface area contributed by atoms with Crippen molar-refractivity contribution in [2.75, 3.05) is 13.6 Å². The average Bonchev–Trinajstić information content (AvgIpc) is 3.16. The Kier molecular flexibility index (Phi) is 11.2. The van der Waals surface area contributed by atoms with Crippen LogP contribution in [0.3, 0.4) is 0 Å². The number of guanidine groups is 1. The molecule has 0 aliphatic rings. The topological polar surface area (TPSA) is 82.6 Å². The molecule has 6 nitrogen and oxygen atoms in total. The number of hydrogen-bond donors (Lipinski definition) is 3. The Bertz CT molecular complexity index is 851. The average molecular weight is 551 g/mol. The molecule has 0 saturated heterocycles. The zero-order valence-corrected chi connectivity index (χ0v) is 21.3. The first-order valence-electron chi connectivity index (χ1n) is 9.33. The smallest absolute Gasteiger partial charge is 0.216 e. The number of hydrogen-bond acceptors (Lipinski definition) is 4. The summed E-state index contributed by atoms with van der Waals surface area (Å²) in [5.41, 5.74) is 3.15. The molecule has 1 atom stereocenters. The molecule has 0 fully saturated rings. The van der Waals surface area contributed by atoms with Crippen LogP contribution in [-0.4, -0.2) is 34.0 Å². The highest BCUT2D eigenvalue weighted by molar-refractivity contribution is 14.0. The lowest BCUT2D eigenvalue weighted by Crippen LogP contribution is -2.38. The van der Waals surface area contributed by atoms with Gasteiger partial charge in [0.2, 0.25) is 10.0 Å². The van der Waals surface area contributed by atoms with E-state index in [2.05, 4.69) is 44.1 Å². The summed E-state index contributed by atoms with van der Waals surface area (Å²) in [6, 6.07) is 9.63. The predicted octanol–water partition coefficient (Wildman–Crippen LogP) is 3.66. The Labute approximate surface area is 195 Å². The van der Waals surface area contributed by atoms with E-state index in [9.17, 15) is 8.42 Å². The highest BCUT2D eigenvalue weighted by Gasteiger charge is 2.13. The molecule has 1 heterocycles. The molecule has 1 unspecified atom stereocenters. The van der Waals surface area contributed by atoms with Gasteiger partial charge in [-0.05, 0) is 53.3 Å². The van der Waals surface area contributed by atoms with E-state index in [-0.39, 0.29) is 35.8 Å². The first-order valence-corrected chi connectivity index (χ1v) is 11.9. The highest BCUT2D eigenvalue weighted by Crippen LogP contribution is 2.17. The van der Waals surface area contributed by atoms with Crippen molar-refractivity contribution in [1.29, 1.82) is 0 Å². The van der Waals surface area contributed by atoms with E-state index in [0.29, 0.717) is 12.5 Å². The molecule has 0 saturated carbocycles. The molecule has 0 aliphatic carbocycles. The summed E-state index contributed by atoms with van der Waals surface area (Å²) in [6.07, 6.45) is 0. The van der Waals surface area contributed by atoms with E-state index in [1.165, 1.54) is 5.56 Å². The van der Waals surface area contributed by atoms with Crippen molar-refractivity contribution in [3.8, 4) is 0 Å². The second-order valence-corrected chi connectivity index (χ2v) is 9.65. The van der Waals surface area contributed by atoms with Crippen molar-refractivity contribution in [3.63, 3.8) is 0 Å². The van der Waals surface area contributed by atoms with Crippen LogP contribution in [0.1, 0.15) is 43.4 Å². The Morgan fingerprint density at radius 2 is 1.72 bits per heavy atom. The molecule has 162 valence electrons. The van der Waals surface area contributed by atoms with Crippen LogP contribution in [0.4, 0.5) is 0 Å². The lowest BCUT2D eigenvalue weighted by atomic mass is 10.1. The third-order valence-corrected chi connectivity index (χ3v) is 6.41. The summed E-state index contributed by atoms with van der Waals surface area (Å²) in [7, 11) is -1.55. The number of nitrogens with zero attached hydrogens (tertiary/aromatic N) is 1. The molecule has 2 rings (SSSR count). The quantitative estimate of drug-likeness (QED) is 0.253. The number of rotatable bonds is 9. The standard InChI is InChI=1S/C20H30N4O2S2.HI/c1-15(2)24-28(25,26)14-18-7-5-17(6-8-18)12-23-20(21-4)22-11-16(3)19-9-10-27-13-19;/h5-10,13,15-16,24H,11-12,14H2,1-4H3,(H2,21,22,23);1H. The highest BCUT2D eigenvalue weighted by atomic mass is 127. The molecule has 9 heteroatoms. The third-order valence-electron chi connectivity index (χ3n) is 4.17. The third kappa shape index (κ3) is 9.45. The minimum Gasteiger partial charge on any atom is -0.356 e. The maximum atomic E-state index is 12.0. The fourth-order valence-corrected chi connectivity index (χ4v) is 4.92. The summed E-state index contributed by atoms with van der Waals surface area (Å²) in [5.74, 6) is 1.14. The van der Waals surface area contributed by atoms with E-state index >= 15 is 0 Å². The number of benzene rings is 1. The summed E-state index contributed by atoms with van der Waals surface area (Å²) >= 11 is 1.71. The van der Waals surface area contributed by atoms with Crippen molar-refractivity contribution in [3.05, 3.63) is 57.8 Å². The number of thiophene rings is 1. The Morgan fingerprint density at radius 1 is 1.07 bits per heavy atom. The van der Waals surface area contributed by atoms with Crippen LogP contribution in [0, 0.1) is 0 Å². The first-order chi connectivity index (χ1) is 13.3. The SMILES string of the molecule is CN=C(NCc1ccc(CS(=O)(=O)NC(C)C)cc1)NCC(C)c1ccsc1.I. The van der Waals surface area contributed by atoms with E-state index in [1.807, 2.05) is 38.1 Å². The van der Waals surface area contributed by atoms with Crippen molar-refractivity contribution in [1.82, 2.24) is 15.4 Å². The molecule has 29 heavy (non-hydrogen) atoms. The lowest BCUT2D eigenvalue weighted by molar-refractivity contribution is 0.569. The van der Waals surface area contributed by atoms with Gasteiger partial charge < -0.3 is 10.6 Å². The van der Waals surface area contributed by atoms with Gasteiger partial charge in [0.15, 0.2) is 5.96 Å². The largest absolute Gasteiger partial charge is 0.356 e. The van der Waals surface area contributed by atoms with Gasteiger partial charge in [-0.15, -0.1) is 24.0 Å². The number of nitrogens with one attached hydrogen (secondary N) is 3. The van der Waals surface area contributed by atoms with Crippen LogP contribution < -0.4 is 15.4 Å². The number of halogens is 1. The molecule has 2 aromatic rings. The second kappa shape index (κ2) is 12.5. The molecular weight excluding hydrogens is 519 g/mol.